The van der Waals surface area contributed by atoms with Gasteiger partial charge in [0.05, 0.1) is 24.6 Å². The normalized spacial score (nSPS) is 11.5. The smallest absolute Gasteiger partial charge is 0.0594 e. The summed E-state index contributed by atoms with van der Waals surface area (Å²) in [5.41, 5.74) is 0. The van der Waals surface area contributed by atoms with Crippen LogP contribution >= 0.6 is 7.26 Å². The molecule has 0 atom stereocenters. The molecular formula is C22H48IP. The Morgan fingerprint density at radius 1 is 0.417 bits per heavy atom. The Morgan fingerprint density at radius 3 is 1.00 bits per heavy atom. The molecule has 0 fully saturated rings. The van der Waals surface area contributed by atoms with Crippen molar-refractivity contribution in [2.24, 2.45) is 0 Å². The Labute approximate surface area is 173 Å². The molecule has 0 spiro atoms. The molecular weight excluding hydrogens is 422 g/mol. The summed E-state index contributed by atoms with van der Waals surface area (Å²) in [5, 5.41) is 0. The van der Waals surface area contributed by atoms with Gasteiger partial charge in [0.15, 0.2) is 0 Å². The highest BCUT2D eigenvalue weighted by atomic mass is 127. The lowest BCUT2D eigenvalue weighted by molar-refractivity contribution is -0.00000533. The van der Waals surface area contributed by atoms with Gasteiger partial charge in [-0.3, -0.25) is 0 Å². The molecule has 0 rings (SSSR count). The highest BCUT2D eigenvalue weighted by Crippen LogP contribution is 2.59. The molecule has 0 saturated carbocycles. The summed E-state index contributed by atoms with van der Waals surface area (Å²) in [4.78, 5) is 0. The molecule has 0 aromatic rings. The van der Waals surface area contributed by atoms with Crippen molar-refractivity contribution >= 4 is 7.26 Å². The van der Waals surface area contributed by atoms with E-state index in [4.69, 9.17) is 0 Å². The van der Waals surface area contributed by atoms with Gasteiger partial charge in [-0.2, -0.15) is 0 Å². The third kappa shape index (κ3) is 15.4. The van der Waals surface area contributed by atoms with Crippen LogP contribution in [0.4, 0.5) is 0 Å². The third-order valence-corrected chi connectivity index (χ3v) is 11.0. The molecule has 2 heteroatoms. The quantitative estimate of drug-likeness (QED) is 0.140. The van der Waals surface area contributed by atoms with Gasteiger partial charge in [0.25, 0.3) is 0 Å². The number of rotatable bonds is 18. The van der Waals surface area contributed by atoms with Gasteiger partial charge in [-0.25, -0.2) is 0 Å². The van der Waals surface area contributed by atoms with Crippen molar-refractivity contribution in [1.29, 1.82) is 0 Å². The summed E-state index contributed by atoms with van der Waals surface area (Å²) in [5.74, 6) is 0. The Kier molecular flexibility index (Phi) is 23.4. The van der Waals surface area contributed by atoms with Gasteiger partial charge < -0.3 is 24.0 Å². The number of halogens is 1. The zero-order chi connectivity index (χ0) is 17.2. The van der Waals surface area contributed by atoms with Crippen molar-refractivity contribution in [1.82, 2.24) is 0 Å². The Morgan fingerprint density at radius 2 is 0.708 bits per heavy atom. The van der Waals surface area contributed by atoms with E-state index < -0.39 is 7.26 Å². The maximum Gasteiger partial charge on any atom is 0.0594 e. The van der Waals surface area contributed by atoms with Crippen molar-refractivity contribution in [3.63, 3.8) is 0 Å². The highest BCUT2D eigenvalue weighted by Gasteiger charge is 2.31. The van der Waals surface area contributed by atoms with Crippen LogP contribution in [0.2, 0.25) is 0 Å². The zero-order valence-electron chi connectivity index (χ0n) is 17.6. The summed E-state index contributed by atoms with van der Waals surface area (Å²) in [6, 6.07) is 0. The number of unbranched alkanes of at least 4 members (excludes halogenated alkanes) is 12. The van der Waals surface area contributed by atoms with Crippen molar-refractivity contribution in [3.8, 4) is 0 Å². The zero-order valence-corrected chi connectivity index (χ0v) is 20.6. The molecule has 0 nitrogen and oxygen atoms in total. The molecule has 148 valence electrons. The first-order valence-corrected chi connectivity index (χ1v) is 13.6. The second-order valence-corrected chi connectivity index (χ2v) is 12.5. The van der Waals surface area contributed by atoms with Crippen molar-refractivity contribution in [2.45, 2.75) is 118 Å². The molecule has 0 aliphatic rings. The van der Waals surface area contributed by atoms with Crippen molar-refractivity contribution in [2.75, 3.05) is 24.6 Å². The lowest BCUT2D eigenvalue weighted by Gasteiger charge is -2.25. The SMILES string of the molecule is CCCCCCCCC[P+](CC)(CC)CCCCCCCCC.[I-]. The molecule has 0 aromatic carbocycles. The molecule has 0 N–H and O–H groups in total. The fourth-order valence-electron chi connectivity index (χ4n) is 3.78. The van der Waals surface area contributed by atoms with Crippen molar-refractivity contribution in [3.05, 3.63) is 0 Å². The van der Waals surface area contributed by atoms with Crippen LogP contribution in [-0.2, 0) is 0 Å². The molecule has 0 amide bonds. The fraction of sp³-hybridized carbons (Fsp3) is 1.00. The molecule has 0 radical (unpaired) electrons. The van der Waals surface area contributed by atoms with Gasteiger partial charge in [-0.1, -0.05) is 78.1 Å². The topological polar surface area (TPSA) is 0 Å². The maximum absolute atomic E-state index is 2.49. The van der Waals surface area contributed by atoms with Crippen LogP contribution in [-0.4, -0.2) is 24.6 Å². The largest absolute Gasteiger partial charge is 1.00 e. The van der Waals surface area contributed by atoms with E-state index in [1.807, 2.05) is 0 Å². The lowest BCUT2D eigenvalue weighted by atomic mass is 10.1. The van der Waals surface area contributed by atoms with Gasteiger partial charge >= 0.3 is 0 Å². The molecule has 0 aliphatic carbocycles. The molecule has 0 heterocycles. The first-order chi connectivity index (χ1) is 11.2. The van der Waals surface area contributed by atoms with E-state index in [1.54, 1.807) is 12.3 Å². The summed E-state index contributed by atoms with van der Waals surface area (Å²) in [6.07, 6.45) is 26.8. The average molecular weight is 471 g/mol. The second kappa shape index (κ2) is 20.5. The summed E-state index contributed by atoms with van der Waals surface area (Å²) in [7, 11) is -0.581. The van der Waals surface area contributed by atoms with Gasteiger partial charge in [0.2, 0.25) is 0 Å². The number of hydrogen-bond donors (Lipinski definition) is 0. The van der Waals surface area contributed by atoms with E-state index in [0.717, 1.165) is 0 Å². The first kappa shape index (κ1) is 27.4. The van der Waals surface area contributed by atoms with E-state index in [0.29, 0.717) is 0 Å². The molecule has 0 saturated heterocycles. The molecule has 0 aliphatic heterocycles. The maximum atomic E-state index is 2.49. The second-order valence-electron chi connectivity index (χ2n) is 7.66. The first-order valence-electron chi connectivity index (χ1n) is 11.1. The average Bonchev–Trinajstić information content (AvgIpc) is 2.58. The summed E-state index contributed by atoms with van der Waals surface area (Å²) >= 11 is 0. The molecule has 0 bridgehead atoms. The fourth-order valence-corrected chi connectivity index (χ4v) is 7.50. The van der Waals surface area contributed by atoms with Crippen molar-refractivity contribution < 1.29 is 24.0 Å². The standard InChI is InChI=1S/C22H48P.HI/c1-5-9-11-13-15-17-19-21-23(7-3,8-4)22-20-18-16-14-12-10-6-2;/h5-22H2,1-4H3;1H/q+1;/p-1. The Bertz CT molecular complexity index is 206. The van der Waals surface area contributed by atoms with E-state index in [-0.39, 0.29) is 24.0 Å². The third-order valence-electron chi connectivity index (χ3n) is 5.81. The van der Waals surface area contributed by atoms with Gasteiger partial charge in [-0.15, -0.1) is 0 Å². The summed E-state index contributed by atoms with van der Waals surface area (Å²) < 4.78 is 0. The van der Waals surface area contributed by atoms with Crippen LogP contribution in [0.5, 0.6) is 0 Å². The molecule has 24 heavy (non-hydrogen) atoms. The monoisotopic (exact) mass is 470 g/mol. The Balaban J connectivity index is 0. The molecule has 0 aromatic heterocycles. The minimum atomic E-state index is -0.581. The van der Waals surface area contributed by atoms with Gasteiger partial charge in [-0.05, 0) is 39.5 Å². The van der Waals surface area contributed by atoms with Crippen LogP contribution in [0, 0.1) is 0 Å². The lowest BCUT2D eigenvalue weighted by Crippen LogP contribution is -3.00. The highest BCUT2D eigenvalue weighted by molar-refractivity contribution is 7.75. The van der Waals surface area contributed by atoms with Crippen LogP contribution in [0.1, 0.15) is 118 Å². The minimum absolute atomic E-state index is 0. The van der Waals surface area contributed by atoms with Crippen LogP contribution in [0.25, 0.3) is 0 Å². The van der Waals surface area contributed by atoms with Crippen LogP contribution in [0.15, 0.2) is 0 Å². The van der Waals surface area contributed by atoms with Gasteiger partial charge in [0.1, 0.15) is 0 Å². The number of hydrogen-bond acceptors (Lipinski definition) is 0. The van der Waals surface area contributed by atoms with Crippen LogP contribution in [0.3, 0.4) is 0 Å². The minimum Gasteiger partial charge on any atom is -1.00 e. The van der Waals surface area contributed by atoms with E-state index in [2.05, 4.69) is 27.7 Å². The predicted octanol–water partition coefficient (Wildman–Crippen LogP) is 5.55. The van der Waals surface area contributed by atoms with Crippen LogP contribution < -0.4 is 24.0 Å². The summed E-state index contributed by atoms with van der Waals surface area (Å²) in [6.45, 7) is 9.59. The Hall–Kier alpha value is 1.16. The molecule has 0 unspecified atom stereocenters. The van der Waals surface area contributed by atoms with Gasteiger partial charge in [0, 0.05) is 7.26 Å². The predicted molar refractivity (Wildman–Crippen MR) is 114 cm³/mol. The van der Waals surface area contributed by atoms with E-state index in [9.17, 15) is 0 Å². The van der Waals surface area contributed by atoms with E-state index in [1.165, 1.54) is 102 Å². The van der Waals surface area contributed by atoms with E-state index >= 15 is 0 Å².